The minimum Gasteiger partial charge on any atom is -0.496 e. The molecule has 0 fully saturated rings. The first-order valence-electron chi connectivity index (χ1n) is 7.19. The van der Waals surface area contributed by atoms with Crippen LogP contribution >= 0.6 is 24.8 Å². The largest absolute Gasteiger partial charge is 0.496 e. The number of halogens is 2. The second-order valence-corrected chi connectivity index (χ2v) is 5.47. The van der Waals surface area contributed by atoms with Crippen molar-refractivity contribution in [2.45, 2.75) is 46.2 Å². The van der Waals surface area contributed by atoms with Gasteiger partial charge in [-0.05, 0) is 52.3 Å². The van der Waals surface area contributed by atoms with Crippen LogP contribution in [-0.2, 0) is 6.42 Å². The van der Waals surface area contributed by atoms with Gasteiger partial charge in [0.05, 0.1) is 19.9 Å². The van der Waals surface area contributed by atoms with Crippen molar-refractivity contribution in [1.29, 1.82) is 0 Å². The summed E-state index contributed by atoms with van der Waals surface area (Å²) in [5, 5.41) is 0. The molecule has 0 aromatic heterocycles. The highest BCUT2D eigenvalue weighted by Gasteiger charge is 2.20. The lowest BCUT2D eigenvalue weighted by Gasteiger charge is -2.34. The van der Waals surface area contributed by atoms with Crippen LogP contribution < -0.4 is 20.1 Å². The molecule has 0 saturated carbocycles. The highest BCUT2D eigenvalue weighted by atomic mass is 35.5. The molecule has 0 atom stereocenters. The lowest BCUT2D eigenvalue weighted by atomic mass is 10.1. The summed E-state index contributed by atoms with van der Waals surface area (Å²) in [6.45, 7) is 9.32. The Kier molecular flexibility index (Phi) is 11.5. The third kappa shape index (κ3) is 5.41. The molecule has 22 heavy (non-hydrogen) atoms. The van der Waals surface area contributed by atoms with Gasteiger partial charge in [-0.2, -0.15) is 0 Å². The maximum absolute atomic E-state index is 5.66. The van der Waals surface area contributed by atoms with Gasteiger partial charge in [0.1, 0.15) is 11.5 Å². The lowest BCUT2D eigenvalue weighted by molar-refractivity contribution is 0.396. The Morgan fingerprint density at radius 3 is 1.82 bits per heavy atom. The summed E-state index contributed by atoms with van der Waals surface area (Å²) in [6.07, 6.45) is 0.781. The number of benzene rings is 1. The maximum Gasteiger partial charge on any atom is 0.142 e. The van der Waals surface area contributed by atoms with E-state index in [-0.39, 0.29) is 24.8 Å². The quantitative estimate of drug-likeness (QED) is 0.813. The van der Waals surface area contributed by atoms with Crippen molar-refractivity contribution in [3.8, 4) is 11.5 Å². The van der Waals surface area contributed by atoms with Crippen LogP contribution in [0.1, 0.15) is 33.3 Å². The predicted molar refractivity (Wildman–Crippen MR) is 99.6 cm³/mol. The molecular weight excluding hydrogens is 323 g/mol. The van der Waals surface area contributed by atoms with Crippen LogP contribution in [0.25, 0.3) is 0 Å². The average Bonchev–Trinajstić information content (AvgIpc) is 2.39. The molecule has 0 radical (unpaired) electrons. The summed E-state index contributed by atoms with van der Waals surface area (Å²) in [5.41, 5.74) is 7.81. The molecule has 1 aromatic carbocycles. The number of anilines is 1. The van der Waals surface area contributed by atoms with Crippen molar-refractivity contribution in [1.82, 2.24) is 0 Å². The van der Waals surface area contributed by atoms with E-state index in [1.165, 1.54) is 0 Å². The van der Waals surface area contributed by atoms with Crippen molar-refractivity contribution in [3.05, 3.63) is 17.7 Å². The predicted octanol–water partition coefficient (Wildman–Crippen LogP) is 3.67. The van der Waals surface area contributed by atoms with Crippen LogP contribution in [0.3, 0.4) is 0 Å². The zero-order valence-corrected chi connectivity index (χ0v) is 16.0. The van der Waals surface area contributed by atoms with Crippen LogP contribution in [0.15, 0.2) is 12.1 Å². The van der Waals surface area contributed by atoms with Gasteiger partial charge in [0.2, 0.25) is 0 Å². The number of nitrogens with zero attached hydrogens (tertiary/aromatic N) is 1. The fourth-order valence-corrected chi connectivity index (χ4v) is 2.65. The summed E-state index contributed by atoms with van der Waals surface area (Å²) >= 11 is 0. The zero-order chi connectivity index (χ0) is 15.3. The molecule has 6 heteroatoms. The Balaban J connectivity index is 0. The Hall–Kier alpha value is -0.840. The number of rotatable bonds is 7. The Morgan fingerprint density at radius 2 is 1.45 bits per heavy atom. The van der Waals surface area contributed by atoms with Crippen molar-refractivity contribution in [3.63, 3.8) is 0 Å². The first kappa shape index (κ1) is 23.4. The van der Waals surface area contributed by atoms with Gasteiger partial charge in [-0.15, -0.1) is 24.8 Å². The Bertz CT molecular complexity index is 432. The number of hydrogen-bond donors (Lipinski definition) is 1. The minimum atomic E-state index is 0. The molecule has 0 aliphatic carbocycles. The molecule has 0 unspecified atom stereocenters. The topological polar surface area (TPSA) is 47.7 Å². The van der Waals surface area contributed by atoms with Crippen LogP contribution in [-0.4, -0.2) is 32.8 Å². The molecule has 4 nitrogen and oxygen atoms in total. The van der Waals surface area contributed by atoms with Gasteiger partial charge in [-0.25, -0.2) is 0 Å². The van der Waals surface area contributed by atoms with Crippen molar-refractivity contribution in [2.24, 2.45) is 5.73 Å². The van der Waals surface area contributed by atoms with Crippen molar-refractivity contribution in [2.75, 3.05) is 25.7 Å². The second kappa shape index (κ2) is 10.8. The minimum absolute atomic E-state index is 0. The molecule has 130 valence electrons. The Morgan fingerprint density at radius 1 is 0.955 bits per heavy atom. The third-order valence-corrected chi connectivity index (χ3v) is 3.39. The van der Waals surface area contributed by atoms with Gasteiger partial charge in [-0.1, -0.05) is 0 Å². The fraction of sp³-hybridized carbons (Fsp3) is 0.625. The molecule has 0 amide bonds. The van der Waals surface area contributed by atoms with Crippen LogP contribution in [0, 0.1) is 0 Å². The van der Waals surface area contributed by atoms with Gasteiger partial charge in [0, 0.05) is 18.2 Å². The third-order valence-electron chi connectivity index (χ3n) is 3.39. The molecule has 2 N–H and O–H groups in total. The lowest BCUT2D eigenvalue weighted by Crippen LogP contribution is -2.37. The van der Waals surface area contributed by atoms with Crippen LogP contribution in [0.2, 0.25) is 0 Å². The van der Waals surface area contributed by atoms with Crippen molar-refractivity contribution < 1.29 is 9.47 Å². The average molecular weight is 353 g/mol. The van der Waals surface area contributed by atoms with Crippen LogP contribution in [0.4, 0.5) is 5.69 Å². The van der Waals surface area contributed by atoms with Gasteiger partial charge in [-0.3, -0.25) is 0 Å². The zero-order valence-electron chi connectivity index (χ0n) is 14.4. The summed E-state index contributed by atoms with van der Waals surface area (Å²) in [6, 6.07) is 4.87. The normalized spacial score (nSPS) is 10.0. The van der Waals surface area contributed by atoms with E-state index in [9.17, 15) is 0 Å². The molecule has 0 spiro atoms. The molecule has 0 aliphatic heterocycles. The van der Waals surface area contributed by atoms with E-state index in [1.54, 1.807) is 14.2 Å². The smallest absolute Gasteiger partial charge is 0.142 e. The standard InChI is InChI=1S/C16H28N2O2.2ClH/c1-11(2)18(12(3)4)14-10-15(19-5)13(7-8-17)9-16(14)20-6;;/h9-12H,7-8,17H2,1-6H3;2*1H. The maximum atomic E-state index is 5.66. The highest BCUT2D eigenvalue weighted by Crippen LogP contribution is 2.37. The van der Waals surface area contributed by atoms with Gasteiger partial charge in [0.25, 0.3) is 0 Å². The molecule has 0 bridgehead atoms. The second-order valence-electron chi connectivity index (χ2n) is 5.47. The van der Waals surface area contributed by atoms with E-state index in [2.05, 4.69) is 38.7 Å². The van der Waals surface area contributed by atoms with Gasteiger partial charge < -0.3 is 20.1 Å². The molecular formula is C16H30Cl2N2O2. The van der Waals surface area contributed by atoms with Crippen LogP contribution in [0.5, 0.6) is 11.5 Å². The van der Waals surface area contributed by atoms with Gasteiger partial charge in [0.15, 0.2) is 0 Å². The first-order valence-corrected chi connectivity index (χ1v) is 7.19. The van der Waals surface area contributed by atoms with E-state index >= 15 is 0 Å². The van der Waals surface area contributed by atoms with E-state index < -0.39 is 0 Å². The number of ether oxygens (including phenoxy) is 2. The van der Waals surface area contributed by atoms with Crippen molar-refractivity contribution >= 4 is 30.5 Å². The van der Waals surface area contributed by atoms with E-state index in [0.717, 1.165) is 29.2 Å². The van der Waals surface area contributed by atoms with E-state index in [1.807, 2.05) is 6.07 Å². The SMILES string of the molecule is COc1cc(N(C(C)C)C(C)C)c(OC)cc1CCN.Cl.Cl. The Labute approximate surface area is 147 Å². The van der Waals surface area contributed by atoms with E-state index in [0.29, 0.717) is 18.6 Å². The summed E-state index contributed by atoms with van der Waals surface area (Å²) in [4.78, 5) is 2.33. The molecule has 0 aliphatic rings. The summed E-state index contributed by atoms with van der Waals surface area (Å²) in [5.74, 6) is 1.74. The fourth-order valence-electron chi connectivity index (χ4n) is 2.65. The molecule has 0 saturated heterocycles. The summed E-state index contributed by atoms with van der Waals surface area (Å²) < 4.78 is 11.1. The number of nitrogens with two attached hydrogens (primary N) is 1. The first-order chi connectivity index (χ1) is 9.46. The number of methoxy groups -OCH3 is 2. The summed E-state index contributed by atoms with van der Waals surface area (Å²) in [7, 11) is 3.40. The monoisotopic (exact) mass is 352 g/mol. The highest BCUT2D eigenvalue weighted by molar-refractivity contribution is 5.85. The molecule has 0 heterocycles. The molecule has 1 rings (SSSR count). The molecule has 1 aromatic rings. The number of hydrogen-bond acceptors (Lipinski definition) is 4. The van der Waals surface area contributed by atoms with Gasteiger partial charge >= 0.3 is 0 Å². The van der Waals surface area contributed by atoms with E-state index in [4.69, 9.17) is 15.2 Å².